The van der Waals surface area contributed by atoms with Crippen LogP contribution in [-0.4, -0.2) is 6.29 Å². The van der Waals surface area contributed by atoms with Crippen LogP contribution in [0.3, 0.4) is 0 Å². The van der Waals surface area contributed by atoms with Crippen molar-refractivity contribution in [3.05, 3.63) is 32.2 Å². The molecular weight excluding hydrogens is 309 g/mol. The Balaban J connectivity index is 2.85. The van der Waals surface area contributed by atoms with Crippen LogP contribution in [0.4, 0.5) is 0 Å². The molecule has 1 aromatic heterocycles. The molecule has 0 saturated heterocycles. The first-order chi connectivity index (χ1) is 6.76. The number of benzene rings is 1. The normalized spacial score (nSPS) is 10.0. The van der Waals surface area contributed by atoms with Crippen molar-refractivity contribution in [2.45, 2.75) is 0 Å². The molecule has 0 atom stereocenters. The number of hydrogen-bond donors (Lipinski definition) is 0. The molecule has 0 fully saturated rings. The average Bonchev–Trinajstić information content (AvgIpc) is 2.58. The lowest BCUT2D eigenvalue weighted by Crippen LogP contribution is -1.84. The van der Waals surface area contributed by atoms with Crippen LogP contribution in [0.15, 0.2) is 17.5 Å². The van der Waals surface area contributed by atoms with Crippen molar-refractivity contribution in [2.75, 3.05) is 0 Å². The molecule has 0 spiro atoms. The van der Waals surface area contributed by atoms with Gasteiger partial charge in [0.15, 0.2) is 6.29 Å². The Hall–Kier alpha value is -0.930. The smallest absolute Gasteiger partial charge is 0.151 e. The van der Waals surface area contributed by atoms with Crippen molar-refractivity contribution in [3.8, 4) is 6.07 Å². The highest BCUT2D eigenvalue weighted by atomic mass is 127. The molecule has 0 aliphatic carbocycles. The van der Waals surface area contributed by atoms with E-state index in [1.165, 1.54) is 11.3 Å². The second-order valence-corrected chi connectivity index (χ2v) is 4.82. The lowest BCUT2D eigenvalue weighted by Gasteiger charge is -1.96. The van der Waals surface area contributed by atoms with Gasteiger partial charge >= 0.3 is 0 Å². The maximum Gasteiger partial charge on any atom is 0.151 e. The molecule has 0 amide bonds. The molecule has 0 N–H and O–H groups in total. The van der Waals surface area contributed by atoms with Gasteiger partial charge in [-0.3, -0.25) is 4.79 Å². The van der Waals surface area contributed by atoms with Gasteiger partial charge in [-0.25, -0.2) is 0 Å². The number of fused-ring (bicyclic) bond motifs is 1. The predicted molar refractivity (Wildman–Crippen MR) is 64.6 cm³/mol. The van der Waals surface area contributed by atoms with Crippen molar-refractivity contribution in [3.63, 3.8) is 0 Å². The second kappa shape index (κ2) is 3.67. The highest BCUT2D eigenvalue weighted by Crippen LogP contribution is 2.28. The fourth-order valence-corrected chi connectivity index (χ4v) is 2.95. The van der Waals surface area contributed by atoms with Crippen LogP contribution in [0, 0.1) is 14.9 Å². The van der Waals surface area contributed by atoms with E-state index in [-0.39, 0.29) is 0 Å². The number of carbonyl (C=O) groups is 1. The number of carbonyl (C=O) groups excluding carboxylic acids is 1. The minimum Gasteiger partial charge on any atom is -0.298 e. The van der Waals surface area contributed by atoms with Crippen molar-refractivity contribution in [2.24, 2.45) is 0 Å². The van der Waals surface area contributed by atoms with Crippen LogP contribution in [0.5, 0.6) is 0 Å². The van der Waals surface area contributed by atoms with Gasteiger partial charge in [0.25, 0.3) is 0 Å². The summed E-state index contributed by atoms with van der Waals surface area (Å²) in [5.41, 5.74) is 1.29. The lowest BCUT2D eigenvalue weighted by atomic mass is 10.1. The molecule has 0 saturated carbocycles. The van der Waals surface area contributed by atoms with E-state index in [1.807, 2.05) is 11.4 Å². The highest BCUT2D eigenvalue weighted by Gasteiger charge is 2.07. The Morgan fingerprint density at radius 2 is 2.29 bits per heavy atom. The lowest BCUT2D eigenvalue weighted by molar-refractivity contribution is 0.112. The summed E-state index contributed by atoms with van der Waals surface area (Å²) in [6.07, 6.45) is 0.819. The maximum absolute atomic E-state index is 10.7. The molecule has 2 rings (SSSR count). The summed E-state index contributed by atoms with van der Waals surface area (Å²) in [4.78, 5) is 10.7. The van der Waals surface area contributed by atoms with Gasteiger partial charge in [0, 0.05) is 24.6 Å². The molecule has 0 aliphatic rings. The molecule has 14 heavy (non-hydrogen) atoms. The number of nitrogens with zero attached hydrogens (tertiary/aromatic N) is 1. The minimum atomic E-state index is 0.643. The number of hydrogen-bond acceptors (Lipinski definition) is 3. The van der Waals surface area contributed by atoms with E-state index in [9.17, 15) is 4.79 Å². The largest absolute Gasteiger partial charge is 0.298 e. The molecule has 0 bridgehead atoms. The summed E-state index contributed by atoms with van der Waals surface area (Å²) < 4.78 is 1.98. The molecule has 0 unspecified atom stereocenters. The first-order valence-corrected chi connectivity index (χ1v) is 5.78. The molecule has 4 heteroatoms. The van der Waals surface area contributed by atoms with E-state index in [1.54, 1.807) is 6.07 Å². The van der Waals surface area contributed by atoms with E-state index in [0.717, 1.165) is 19.9 Å². The van der Waals surface area contributed by atoms with Gasteiger partial charge in [0.1, 0.15) is 6.07 Å². The molecule has 68 valence electrons. The van der Waals surface area contributed by atoms with E-state index >= 15 is 0 Å². The maximum atomic E-state index is 10.7. The van der Waals surface area contributed by atoms with Crippen LogP contribution < -0.4 is 0 Å². The third-order valence-corrected chi connectivity index (χ3v) is 3.82. The van der Waals surface area contributed by atoms with Crippen LogP contribution in [0.25, 0.3) is 10.1 Å². The molecule has 1 heterocycles. The van der Waals surface area contributed by atoms with Crippen LogP contribution in [0.1, 0.15) is 15.9 Å². The summed E-state index contributed by atoms with van der Waals surface area (Å²) in [6.45, 7) is 0. The third kappa shape index (κ3) is 1.42. The molecule has 1 aromatic carbocycles. The Bertz CT molecular complexity index is 553. The third-order valence-electron chi connectivity index (χ3n) is 1.94. The molecule has 0 radical (unpaired) electrons. The number of nitriles is 1. The molecular formula is C10H4INOS. The zero-order valence-electron chi connectivity index (χ0n) is 6.95. The number of thiophene rings is 1. The van der Waals surface area contributed by atoms with E-state index in [2.05, 4.69) is 28.7 Å². The van der Waals surface area contributed by atoms with Crippen molar-refractivity contribution in [1.82, 2.24) is 0 Å². The van der Waals surface area contributed by atoms with Crippen LogP contribution >= 0.6 is 33.9 Å². The summed E-state index contributed by atoms with van der Waals surface area (Å²) in [5.74, 6) is 0. The van der Waals surface area contributed by atoms with E-state index < -0.39 is 0 Å². The van der Waals surface area contributed by atoms with Crippen LogP contribution in [-0.2, 0) is 0 Å². The van der Waals surface area contributed by atoms with Gasteiger partial charge in [-0.15, -0.1) is 11.3 Å². The number of aldehydes is 1. The minimum absolute atomic E-state index is 0.643. The predicted octanol–water partition coefficient (Wildman–Crippen LogP) is 3.19. The Morgan fingerprint density at radius 1 is 1.50 bits per heavy atom. The van der Waals surface area contributed by atoms with Crippen molar-refractivity contribution in [1.29, 1.82) is 5.26 Å². The topological polar surface area (TPSA) is 40.9 Å². The summed E-state index contributed by atoms with van der Waals surface area (Å²) in [7, 11) is 0. The molecule has 2 aromatic rings. The van der Waals surface area contributed by atoms with Crippen molar-refractivity contribution < 1.29 is 4.79 Å². The van der Waals surface area contributed by atoms with Gasteiger partial charge < -0.3 is 0 Å². The Kier molecular flexibility index (Phi) is 2.52. The highest BCUT2D eigenvalue weighted by molar-refractivity contribution is 14.1. The molecule has 2 nitrogen and oxygen atoms in total. The quantitative estimate of drug-likeness (QED) is 0.599. The van der Waals surface area contributed by atoms with Gasteiger partial charge in [0.2, 0.25) is 0 Å². The summed E-state index contributed by atoms with van der Waals surface area (Å²) in [6, 6.07) is 5.83. The Morgan fingerprint density at radius 3 is 2.93 bits per heavy atom. The van der Waals surface area contributed by atoms with Crippen LogP contribution in [0.2, 0.25) is 0 Å². The first kappa shape index (κ1) is 9.62. The zero-order chi connectivity index (χ0) is 10.1. The van der Waals surface area contributed by atoms with Gasteiger partial charge in [-0.2, -0.15) is 5.26 Å². The number of halogens is 1. The second-order valence-electron chi connectivity index (χ2n) is 2.75. The fraction of sp³-hybridized carbons (Fsp3) is 0. The van der Waals surface area contributed by atoms with Crippen molar-refractivity contribution >= 4 is 50.3 Å². The molecule has 0 aliphatic heterocycles. The van der Waals surface area contributed by atoms with Gasteiger partial charge in [-0.05, 0) is 34.7 Å². The van der Waals surface area contributed by atoms with E-state index in [0.29, 0.717) is 11.1 Å². The summed E-state index contributed by atoms with van der Waals surface area (Å²) in [5, 5.41) is 11.5. The monoisotopic (exact) mass is 313 g/mol. The van der Waals surface area contributed by atoms with Gasteiger partial charge in [-0.1, -0.05) is 0 Å². The average molecular weight is 313 g/mol. The SMILES string of the molecule is N#Cc1csc2cc(I)c(C=O)cc12. The number of rotatable bonds is 1. The standard InChI is InChI=1S/C10H4INOS/c11-9-2-10-8(1-6(9)4-13)7(3-12)5-14-10/h1-2,4-5H. The first-order valence-electron chi connectivity index (χ1n) is 3.82. The zero-order valence-corrected chi connectivity index (χ0v) is 9.93. The van der Waals surface area contributed by atoms with Gasteiger partial charge in [0.05, 0.1) is 5.56 Å². The van der Waals surface area contributed by atoms with E-state index in [4.69, 9.17) is 5.26 Å². The summed E-state index contributed by atoms with van der Waals surface area (Å²) >= 11 is 3.65. The Labute approximate surface area is 98.3 Å². The fourth-order valence-electron chi connectivity index (χ4n) is 1.24.